The van der Waals surface area contributed by atoms with Crippen LogP contribution in [0, 0.1) is 0 Å². The van der Waals surface area contributed by atoms with Gasteiger partial charge in [0.25, 0.3) is 6.43 Å². The van der Waals surface area contributed by atoms with Gasteiger partial charge in [-0.3, -0.25) is 0 Å². The smallest absolute Gasteiger partial charge is 0.337 e. The number of fused-ring (bicyclic) bond motifs is 1. The van der Waals surface area contributed by atoms with Crippen LogP contribution < -0.4 is 5.32 Å². The van der Waals surface area contributed by atoms with Gasteiger partial charge in [0.1, 0.15) is 0 Å². The van der Waals surface area contributed by atoms with Crippen LogP contribution >= 0.6 is 0 Å². The first-order valence-electron chi connectivity index (χ1n) is 5.09. The minimum absolute atomic E-state index is 0.00926. The van der Waals surface area contributed by atoms with Gasteiger partial charge in [-0.05, 0) is 6.07 Å². The van der Waals surface area contributed by atoms with E-state index in [0.717, 1.165) is 0 Å². The fourth-order valence-corrected chi connectivity index (χ4v) is 1.48. The Kier molecular flexibility index (Phi) is 3.31. The molecule has 0 spiro atoms. The summed E-state index contributed by atoms with van der Waals surface area (Å²) in [7, 11) is 0. The van der Waals surface area contributed by atoms with Crippen molar-refractivity contribution in [2.45, 2.75) is 6.43 Å². The van der Waals surface area contributed by atoms with Crippen LogP contribution in [-0.4, -0.2) is 34.0 Å². The van der Waals surface area contributed by atoms with Crippen molar-refractivity contribution in [1.82, 2.24) is 9.97 Å². The van der Waals surface area contributed by atoms with Crippen LogP contribution in [0.5, 0.6) is 0 Å². The normalized spacial score (nSPS) is 10.8. The molecule has 94 valence electrons. The van der Waals surface area contributed by atoms with Crippen molar-refractivity contribution >= 4 is 22.8 Å². The van der Waals surface area contributed by atoms with Gasteiger partial charge in [-0.15, -0.1) is 0 Å². The molecular weight excluding hydrogens is 244 g/mol. The third kappa shape index (κ3) is 2.50. The number of nitrogens with one attached hydrogen (secondary N) is 1. The van der Waals surface area contributed by atoms with Crippen molar-refractivity contribution in [1.29, 1.82) is 0 Å². The van der Waals surface area contributed by atoms with E-state index in [1.165, 1.54) is 12.3 Å². The highest BCUT2D eigenvalue weighted by atomic mass is 19.3. The fraction of sp³-hybridized carbons (Fsp3) is 0.182. The van der Waals surface area contributed by atoms with Gasteiger partial charge in [0.2, 0.25) is 5.95 Å². The van der Waals surface area contributed by atoms with Crippen molar-refractivity contribution in [2.24, 2.45) is 0 Å². The summed E-state index contributed by atoms with van der Waals surface area (Å²) < 4.78 is 24.1. The van der Waals surface area contributed by atoms with Gasteiger partial charge in [-0.2, -0.15) is 0 Å². The minimum atomic E-state index is -2.53. The second kappa shape index (κ2) is 4.91. The predicted octanol–water partition coefficient (Wildman–Crippen LogP) is 2.00. The number of aromatic carboxylic acids is 1. The van der Waals surface area contributed by atoms with E-state index in [4.69, 9.17) is 5.11 Å². The van der Waals surface area contributed by atoms with Crippen molar-refractivity contribution in [2.75, 3.05) is 11.9 Å². The van der Waals surface area contributed by atoms with Gasteiger partial charge >= 0.3 is 5.97 Å². The molecule has 0 aliphatic heterocycles. The lowest BCUT2D eigenvalue weighted by atomic mass is 10.1. The zero-order valence-corrected chi connectivity index (χ0v) is 9.10. The molecule has 0 aliphatic carbocycles. The third-order valence-corrected chi connectivity index (χ3v) is 2.26. The molecule has 2 N–H and O–H groups in total. The third-order valence-electron chi connectivity index (χ3n) is 2.26. The fourth-order valence-electron chi connectivity index (χ4n) is 1.48. The van der Waals surface area contributed by atoms with Crippen LogP contribution in [0.15, 0.2) is 24.4 Å². The van der Waals surface area contributed by atoms with Crippen molar-refractivity contribution < 1.29 is 18.7 Å². The van der Waals surface area contributed by atoms with E-state index in [-0.39, 0.29) is 17.0 Å². The number of aromatic nitrogens is 2. The largest absolute Gasteiger partial charge is 0.478 e. The zero-order chi connectivity index (χ0) is 13.1. The summed E-state index contributed by atoms with van der Waals surface area (Å²) in [5, 5.41) is 11.9. The molecule has 7 heteroatoms. The van der Waals surface area contributed by atoms with E-state index >= 15 is 0 Å². The number of benzene rings is 1. The number of anilines is 1. The van der Waals surface area contributed by atoms with Crippen LogP contribution in [0.4, 0.5) is 14.7 Å². The molecule has 18 heavy (non-hydrogen) atoms. The summed E-state index contributed by atoms with van der Waals surface area (Å²) in [6, 6.07) is 4.62. The molecule has 0 radical (unpaired) electrons. The molecule has 0 saturated carbocycles. The number of carbonyl (C=O) groups is 1. The van der Waals surface area contributed by atoms with Gasteiger partial charge < -0.3 is 10.4 Å². The van der Waals surface area contributed by atoms with Crippen LogP contribution in [0.3, 0.4) is 0 Å². The average Bonchev–Trinajstić information content (AvgIpc) is 2.35. The van der Waals surface area contributed by atoms with Gasteiger partial charge in [0.15, 0.2) is 0 Å². The van der Waals surface area contributed by atoms with Crippen LogP contribution in [-0.2, 0) is 0 Å². The molecule has 5 nitrogen and oxygen atoms in total. The highest BCUT2D eigenvalue weighted by Crippen LogP contribution is 2.17. The first-order valence-corrected chi connectivity index (χ1v) is 5.09. The first kappa shape index (κ1) is 12.2. The highest BCUT2D eigenvalue weighted by molar-refractivity contribution is 6.01. The standard InChI is InChI=1S/C11H9F2N3O2/c12-8(13)5-15-11-14-4-6-2-1-3-7(10(17)18)9(6)16-11/h1-4,8H,5H2,(H,17,18)(H,14,15,16). The Morgan fingerprint density at radius 3 is 2.89 bits per heavy atom. The van der Waals surface area contributed by atoms with E-state index in [9.17, 15) is 13.6 Å². The first-order chi connectivity index (χ1) is 8.58. The van der Waals surface area contributed by atoms with Crippen molar-refractivity contribution in [3.05, 3.63) is 30.0 Å². The molecule has 0 bridgehead atoms. The Balaban J connectivity index is 2.42. The Morgan fingerprint density at radius 2 is 2.22 bits per heavy atom. The number of para-hydroxylation sites is 1. The lowest BCUT2D eigenvalue weighted by Crippen LogP contribution is -2.12. The number of rotatable bonds is 4. The monoisotopic (exact) mass is 253 g/mol. The van der Waals surface area contributed by atoms with E-state index in [0.29, 0.717) is 5.39 Å². The number of nitrogens with zero attached hydrogens (tertiary/aromatic N) is 2. The molecule has 1 heterocycles. The molecule has 1 aromatic heterocycles. The van der Waals surface area contributed by atoms with E-state index in [1.54, 1.807) is 12.1 Å². The average molecular weight is 253 g/mol. The van der Waals surface area contributed by atoms with E-state index in [2.05, 4.69) is 15.3 Å². The maximum absolute atomic E-state index is 12.0. The Hall–Kier alpha value is -2.31. The summed E-state index contributed by atoms with van der Waals surface area (Å²) in [5.74, 6) is -1.14. The van der Waals surface area contributed by atoms with E-state index in [1.807, 2.05) is 0 Å². The van der Waals surface area contributed by atoms with Gasteiger partial charge in [-0.25, -0.2) is 23.5 Å². The summed E-state index contributed by atoms with van der Waals surface area (Å²) in [6.45, 7) is -0.583. The number of hydrogen-bond acceptors (Lipinski definition) is 4. The van der Waals surface area contributed by atoms with Gasteiger partial charge in [0, 0.05) is 11.6 Å². The molecular formula is C11H9F2N3O2. The Labute approximate surface area is 100 Å². The van der Waals surface area contributed by atoms with Crippen molar-refractivity contribution in [3.63, 3.8) is 0 Å². The van der Waals surface area contributed by atoms with Gasteiger partial charge in [0.05, 0.1) is 17.6 Å². The molecule has 0 aliphatic rings. The minimum Gasteiger partial charge on any atom is -0.478 e. The zero-order valence-electron chi connectivity index (χ0n) is 9.10. The molecule has 2 aromatic rings. The molecule has 0 unspecified atom stereocenters. The summed E-state index contributed by atoms with van der Waals surface area (Å²) in [4.78, 5) is 18.8. The lowest BCUT2D eigenvalue weighted by molar-refractivity contribution is 0.0699. The number of hydrogen-bond donors (Lipinski definition) is 2. The van der Waals surface area contributed by atoms with Crippen molar-refractivity contribution in [3.8, 4) is 0 Å². The topological polar surface area (TPSA) is 75.1 Å². The van der Waals surface area contributed by atoms with Gasteiger partial charge in [-0.1, -0.05) is 12.1 Å². The number of carboxylic acid groups (broad SMARTS) is 1. The second-order valence-corrected chi connectivity index (χ2v) is 3.51. The number of carboxylic acids is 1. The second-order valence-electron chi connectivity index (χ2n) is 3.51. The molecule has 0 fully saturated rings. The van der Waals surface area contributed by atoms with E-state index < -0.39 is 18.9 Å². The van der Waals surface area contributed by atoms with Crippen LogP contribution in [0.25, 0.3) is 10.9 Å². The predicted molar refractivity (Wildman–Crippen MR) is 61.0 cm³/mol. The number of halogens is 2. The molecule has 0 atom stereocenters. The summed E-state index contributed by atoms with van der Waals surface area (Å²) in [6.07, 6.45) is -1.14. The number of alkyl halides is 2. The van der Waals surface area contributed by atoms with Crippen LogP contribution in [0.2, 0.25) is 0 Å². The lowest BCUT2D eigenvalue weighted by Gasteiger charge is -2.06. The Morgan fingerprint density at radius 1 is 1.44 bits per heavy atom. The summed E-state index contributed by atoms with van der Waals surface area (Å²) >= 11 is 0. The molecule has 1 aromatic carbocycles. The molecule has 0 saturated heterocycles. The summed E-state index contributed by atoms with van der Waals surface area (Å²) in [5.41, 5.74) is 0.228. The molecule has 0 amide bonds. The maximum Gasteiger partial charge on any atom is 0.337 e. The quantitative estimate of drug-likeness (QED) is 0.871. The SMILES string of the molecule is O=C(O)c1cccc2cnc(NCC(F)F)nc12. The highest BCUT2D eigenvalue weighted by Gasteiger charge is 2.11. The maximum atomic E-state index is 12.0. The molecule has 2 rings (SSSR count). The Bertz CT molecular complexity index is 590. The van der Waals surface area contributed by atoms with Crippen LogP contribution in [0.1, 0.15) is 10.4 Å².